The third-order valence-electron chi connectivity index (χ3n) is 0.632. The Morgan fingerprint density at radius 3 is 2.09 bits per heavy atom. The van der Waals surface area contributed by atoms with Crippen LogP contribution < -0.4 is 56.5 Å². The van der Waals surface area contributed by atoms with Gasteiger partial charge in [0.1, 0.15) is 0 Å². The van der Waals surface area contributed by atoms with Gasteiger partial charge in [-0.15, -0.1) is 6.61 Å². The smallest absolute Gasteiger partial charge is 0.853 e. The second kappa shape index (κ2) is 6.76. The van der Waals surface area contributed by atoms with E-state index >= 15 is 0 Å². The SMILES string of the molecule is [K+].[O-]CCOC(F)(F)C(F)F. The Labute approximate surface area is 103 Å². The fourth-order valence-electron chi connectivity index (χ4n) is 0.241. The molecule has 0 bridgehead atoms. The maximum Gasteiger partial charge on any atom is 1.00 e. The minimum atomic E-state index is -4.48. The zero-order valence-electron chi connectivity index (χ0n) is 5.82. The summed E-state index contributed by atoms with van der Waals surface area (Å²) in [5, 5.41) is 9.50. The van der Waals surface area contributed by atoms with E-state index < -0.39 is 25.7 Å². The van der Waals surface area contributed by atoms with Gasteiger partial charge in [0, 0.05) is 6.61 Å². The van der Waals surface area contributed by atoms with E-state index in [4.69, 9.17) is 0 Å². The van der Waals surface area contributed by atoms with Gasteiger partial charge in [-0.25, -0.2) is 8.78 Å². The van der Waals surface area contributed by atoms with E-state index in [0.29, 0.717) is 0 Å². The van der Waals surface area contributed by atoms with Crippen LogP contribution in [0.3, 0.4) is 0 Å². The van der Waals surface area contributed by atoms with E-state index in [1.54, 1.807) is 0 Å². The molecule has 0 amide bonds. The summed E-state index contributed by atoms with van der Waals surface area (Å²) in [6.45, 7) is -1.86. The van der Waals surface area contributed by atoms with Crippen LogP contribution in [0.5, 0.6) is 0 Å². The molecule has 0 N–H and O–H groups in total. The minimum Gasteiger partial charge on any atom is -0.853 e. The van der Waals surface area contributed by atoms with Gasteiger partial charge in [0.25, 0.3) is 0 Å². The average molecular weight is 200 g/mol. The van der Waals surface area contributed by atoms with Crippen LogP contribution in [0.25, 0.3) is 0 Å². The molecule has 7 heteroatoms. The van der Waals surface area contributed by atoms with Crippen molar-refractivity contribution in [2.24, 2.45) is 0 Å². The molecule has 0 aliphatic heterocycles. The largest absolute Gasteiger partial charge is 1.00 e. The molecule has 0 unspecified atom stereocenters. The first kappa shape index (κ1) is 14.8. The monoisotopic (exact) mass is 200 g/mol. The van der Waals surface area contributed by atoms with E-state index in [9.17, 15) is 22.7 Å². The van der Waals surface area contributed by atoms with Gasteiger partial charge in [0.15, 0.2) is 0 Å². The van der Waals surface area contributed by atoms with Crippen LogP contribution in [0, 0.1) is 0 Å². The summed E-state index contributed by atoms with van der Waals surface area (Å²) in [5.74, 6) is 0. The topological polar surface area (TPSA) is 32.3 Å². The van der Waals surface area contributed by atoms with Gasteiger partial charge in [0.2, 0.25) is 0 Å². The van der Waals surface area contributed by atoms with Crippen LogP contribution in [0.2, 0.25) is 0 Å². The molecular formula is C4H5F4KO2. The van der Waals surface area contributed by atoms with Crippen molar-refractivity contribution in [3.63, 3.8) is 0 Å². The van der Waals surface area contributed by atoms with Crippen LogP contribution in [0.4, 0.5) is 17.6 Å². The molecule has 0 saturated heterocycles. The standard InChI is InChI=1S/C4H5F4O2.K/c5-3(6)4(7,8)10-2-1-9;/h3H,1-2H2;/q-1;+1. The van der Waals surface area contributed by atoms with Crippen molar-refractivity contribution in [1.82, 2.24) is 0 Å². The molecule has 0 spiro atoms. The predicted molar refractivity (Wildman–Crippen MR) is 21.8 cm³/mol. The Kier molecular flexibility index (Phi) is 9.08. The first-order chi connectivity index (χ1) is 4.50. The van der Waals surface area contributed by atoms with Gasteiger partial charge in [0.05, 0.1) is 0 Å². The maximum absolute atomic E-state index is 11.6. The van der Waals surface area contributed by atoms with Crippen molar-refractivity contribution in [3.05, 3.63) is 0 Å². The Morgan fingerprint density at radius 2 is 1.82 bits per heavy atom. The molecule has 62 valence electrons. The number of alkyl halides is 4. The second-order valence-corrected chi connectivity index (χ2v) is 1.42. The molecule has 0 saturated carbocycles. The zero-order valence-corrected chi connectivity index (χ0v) is 8.94. The normalized spacial score (nSPS) is 11.5. The van der Waals surface area contributed by atoms with Crippen molar-refractivity contribution in [3.8, 4) is 0 Å². The van der Waals surface area contributed by atoms with E-state index in [1.807, 2.05) is 0 Å². The molecule has 0 atom stereocenters. The van der Waals surface area contributed by atoms with Gasteiger partial charge >= 0.3 is 63.9 Å². The molecule has 11 heavy (non-hydrogen) atoms. The Hall–Kier alpha value is 1.28. The van der Waals surface area contributed by atoms with Gasteiger partial charge in [-0.05, 0) is 0 Å². The first-order valence-corrected chi connectivity index (χ1v) is 2.38. The van der Waals surface area contributed by atoms with Crippen molar-refractivity contribution in [2.75, 3.05) is 13.2 Å². The van der Waals surface area contributed by atoms with Crippen molar-refractivity contribution in [2.45, 2.75) is 12.5 Å². The number of ether oxygens (including phenoxy) is 1. The van der Waals surface area contributed by atoms with E-state index in [0.717, 1.165) is 0 Å². The Morgan fingerprint density at radius 1 is 1.36 bits per heavy atom. The van der Waals surface area contributed by atoms with Crippen molar-refractivity contribution >= 4 is 0 Å². The van der Waals surface area contributed by atoms with Gasteiger partial charge < -0.3 is 9.84 Å². The third kappa shape index (κ3) is 6.44. The molecule has 0 fully saturated rings. The van der Waals surface area contributed by atoms with E-state index in [-0.39, 0.29) is 51.4 Å². The summed E-state index contributed by atoms with van der Waals surface area (Å²) < 4.78 is 48.8. The number of halogens is 4. The van der Waals surface area contributed by atoms with E-state index in [2.05, 4.69) is 4.74 Å². The van der Waals surface area contributed by atoms with E-state index in [1.165, 1.54) is 0 Å². The van der Waals surface area contributed by atoms with Crippen LogP contribution in [0.1, 0.15) is 0 Å². The molecule has 0 aromatic heterocycles. The Balaban J connectivity index is 0. The van der Waals surface area contributed by atoms with Gasteiger partial charge in [-0.3, -0.25) is 0 Å². The van der Waals surface area contributed by atoms with Crippen molar-refractivity contribution in [1.29, 1.82) is 0 Å². The summed E-state index contributed by atoms with van der Waals surface area (Å²) in [7, 11) is 0. The fourth-order valence-corrected chi connectivity index (χ4v) is 0.241. The van der Waals surface area contributed by atoms with Crippen LogP contribution in [-0.4, -0.2) is 25.7 Å². The summed E-state index contributed by atoms with van der Waals surface area (Å²) in [4.78, 5) is 0. The fraction of sp³-hybridized carbons (Fsp3) is 1.00. The molecule has 0 aliphatic carbocycles. The number of hydrogen-bond donors (Lipinski definition) is 0. The van der Waals surface area contributed by atoms with Crippen LogP contribution in [-0.2, 0) is 4.74 Å². The summed E-state index contributed by atoms with van der Waals surface area (Å²) >= 11 is 0. The quantitative estimate of drug-likeness (QED) is 0.363. The second-order valence-electron chi connectivity index (χ2n) is 1.42. The first-order valence-electron chi connectivity index (χ1n) is 2.38. The summed E-state index contributed by atoms with van der Waals surface area (Å²) in [6.07, 6.45) is -8.36. The van der Waals surface area contributed by atoms with Crippen LogP contribution in [0.15, 0.2) is 0 Å². The molecule has 0 radical (unpaired) electrons. The molecule has 0 aromatic carbocycles. The minimum absolute atomic E-state index is 0. The maximum atomic E-state index is 11.6. The summed E-state index contributed by atoms with van der Waals surface area (Å²) in [6, 6.07) is 0. The summed E-state index contributed by atoms with van der Waals surface area (Å²) in [5.41, 5.74) is 0. The molecule has 2 nitrogen and oxygen atoms in total. The van der Waals surface area contributed by atoms with Gasteiger partial charge in [-0.1, -0.05) is 0 Å². The molecule has 0 aliphatic rings. The van der Waals surface area contributed by atoms with Crippen molar-refractivity contribution < 1.29 is 78.8 Å². The predicted octanol–water partition coefficient (Wildman–Crippen LogP) is -2.77. The number of rotatable bonds is 4. The Bertz CT molecular complexity index is 100. The zero-order chi connectivity index (χ0) is 8.20. The molecular weight excluding hydrogens is 195 g/mol. The molecule has 0 aromatic rings. The molecule has 0 rings (SSSR count). The average Bonchev–Trinajstić information content (AvgIpc) is 1.84. The molecule has 0 heterocycles. The van der Waals surface area contributed by atoms with Crippen LogP contribution >= 0.6 is 0 Å². The van der Waals surface area contributed by atoms with Gasteiger partial charge in [-0.2, -0.15) is 8.78 Å². The third-order valence-corrected chi connectivity index (χ3v) is 0.632. The number of hydrogen-bond acceptors (Lipinski definition) is 2.